The first kappa shape index (κ1) is 24.2. The first-order valence-corrected chi connectivity index (χ1v) is 12.3. The Balaban J connectivity index is 2.00. The molecule has 0 heterocycles. The molecule has 0 fully saturated rings. The van der Waals surface area contributed by atoms with Gasteiger partial charge in [-0.1, -0.05) is 41.4 Å². The van der Waals surface area contributed by atoms with Gasteiger partial charge in [0, 0.05) is 5.02 Å². The van der Waals surface area contributed by atoms with Crippen LogP contribution < -0.4 is 9.44 Å². The van der Waals surface area contributed by atoms with Crippen molar-refractivity contribution in [3.63, 3.8) is 0 Å². The Bertz CT molecular complexity index is 1370. The molecule has 3 aromatic rings. The smallest absolute Gasteiger partial charge is 0.277 e. The summed E-state index contributed by atoms with van der Waals surface area (Å²) in [7, 11) is -8.67. The molecule has 2 N–H and O–H groups in total. The van der Waals surface area contributed by atoms with Gasteiger partial charge < -0.3 is 0 Å². The monoisotopic (exact) mass is 524 g/mol. The van der Waals surface area contributed by atoms with Gasteiger partial charge in [0.1, 0.15) is 0 Å². The van der Waals surface area contributed by atoms with Gasteiger partial charge in [-0.15, -0.1) is 0 Å². The lowest BCUT2D eigenvalue weighted by atomic mass is 10.2. The quantitative estimate of drug-likeness (QED) is 0.438. The molecule has 0 radical (unpaired) electrons. The Morgan fingerprint density at radius 2 is 1.28 bits per heavy atom. The van der Waals surface area contributed by atoms with E-state index in [0.29, 0.717) is 6.07 Å². The van der Waals surface area contributed by atoms with Crippen LogP contribution >= 0.6 is 23.2 Å². The van der Waals surface area contributed by atoms with E-state index in [2.05, 4.69) is 9.44 Å². The highest BCUT2D eigenvalue weighted by Gasteiger charge is 2.34. The third-order valence-corrected chi connectivity index (χ3v) is 7.39. The van der Waals surface area contributed by atoms with Gasteiger partial charge in [0.25, 0.3) is 20.0 Å². The second kappa shape index (κ2) is 8.81. The number of rotatable bonds is 6. The Morgan fingerprint density at radius 3 is 1.91 bits per heavy atom. The van der Waals surface area contributed by atoms with Crippen molar-refractivity contribution in [3.8, 4) is 0 Å². The maximum atomic E-state index is 13.1. The topological polar surface area (TPSA) is 92.3 Å². The van der Waals surface area contributed by atoms with Crippen molar-refractivity contribution < 1.29 is 30.0 Å². The second-order valence-electron chi connectivity index (χ2n) is 6.35. The summed E-state index contributed by atoms with van der Waals surface area (Å²) >= 11 is 11.4. The zero-order chi connectivity index (χ0) is 23.7. The minimum atomic E-state index is -4.88. The van der Waals surface area contributed by atoms with E-state index in [1.165, 1.54) is 36.4 Å². The van der Waals surface area contributed by atoms with Crippen LogP contribution in [0.4, 0.5) is 24.5 Å². The van der Waals surface area contributed by atoms with Gasteiger partial charge in [-0.3, -0.25) is 9.44 Å². The zero-order valence-corrected chi connectivity index (χ0v) is 18.8. The Morgan fingerprint density at radius 1 is 0.688 bits per heavy atom. The van der Waals surface area contributed by atoms with Crippen LogP contribution in [0.2, 0.25) is 10.0 Å². The number of nitrogens with one attached hydrogen (secondary N) is 2. The van der Waals surface area contributed by atoms with Crippen LogP contribution in [-0.4, -0.2) is 16.8 Å². The molecule has 0 aliphatic carbocycles. The summed E-state index contributed by atoms with van der Waals surface area (Å²) in [6.45, 7) is 0. The highest BCUT2D eigenvalue weighted by molar-refractivity contribution is 7.93. The molecule has 170 valence electrons. The van der Waals surface area contributed by atoms with Crippen molar-refractivity contribution in [1.82, 2.24) is 0 Å². The van der Waals surface area contributed by atoms with E-state index in [-0.39, 0.29) is 21.3 Å². The van der Waals surface area contributed by atoms with E-state index >= 15 is 0 Å². The minimum absolute atomic E-state index is 0.0532. The molecule has 0 spiro atoms. The fourth-order valence-corrected chi connectivity index (χ4v) is 5.18. The maximum absolute atomic E-state index is 13.1. The maximum Gasteiger partial charge on any atom is 0.417 e. The number of alkyl halides is 3. The molecule has 3 aromatic carbocycles. The molecule has 13 heteroatoms. The van der Waals surface area contributed by atoms with E-state index in [1.807, 2.05) is 0 Å². The number of anilines is 2. The van der Waals surface area contributed by atoms with E-state index in [4.69, 9.17) is 23.2 Å². The van der Waals surface area contributed by atoms with Gasteiger partial charge in [-0.25, -0.2) is 16.8 Å². The number of sulfonamides is 2. The first-order valence-electron chi connectivity index (χ1n) is 8.56. The number of halogens is 5. The molecule has 6 nitrogen and oxygen atoms in total. The molecule has 0 saturated carbocycles. The lowest BCUT2D eigenvalue weighted by Crippen LogP contribution is -2.18. The first-order chi connectivity index (χ1) is 14.8. The van der Waals surface area contributed by atoms with Gasteiger partial charge in [0.05, 0.1) is 31.8 Å². The summed E-state index contributed by atoms with van der Waals surface area (Å²) in [5.41, 5.74) is -1.81. The minimum Gasteiger partial charge on any atom is -0.277 e. The van der Waals surface area contributed by atoms with Crippen molar-refractivity contribution in [2.45, 2.75) is 16.0 Å². The molecular weight excluding hydrogens is 512 g/mol. The summed E-state index contributed by atoms with van der Waals surface area (Å²) in [5, 5.41) is -0.618. The molecule has 0 aliphatic rings. The Hall–Kier alpha value is -2.47. The number of benzene rings is 3. The third kappa shape index (κ3) is 5.47. The number of hydrogen-bond donors (Lipinski definition) is 2. The van der Waals surface area contributed by atoms with E-state index in [0.717, 1.165) is 18.2 Å². The lowest BCUT2D eigenvalue weighted by molar-refractivity contribution is -0.137. The molecule has 0 amide bonds. The van der Waals surface area contributed by atoms with Gasteiger partial charge in [-0.05, 0) is 48.5 Å². The Kier molecular flexibility index (Phi) is 6.66. The van der Waals surface area contributed by atoms with Crippen molar-refractivity contribution in [1.29, 1.82) is 0 Å². The molecule has 0 aliphatic heterocycles. The fraction of sp³-hybridized carbons (Fsp3) is 0.0526. The van der Waals surface area contributed by atoms with Crippen LogP contribution in [0.1, 0.15) is 5.56 Å². The average Bonchev–Trinajstić information content (AvgIpc) is 2.69. The zero-order valence-electron chi connectivity index (χ0n) is 15.7. The summed E-state index contributed by atoms with van der Waals surface area (Å²) in [4.78, 5) is -0.817. The van der Waals surface area contributed by atoms with Gasteiger partial charge in [0.15, 0.2) is 0 Å². The van der Waals surface area contributed by atoms with E-state index in [1.54, 1.807) is 6.07 Å². The normalized spacial score (nSPS) is 12.4. The van der Waals surface area contributed by atoms with Gasteiger partial charge in [-0.2, -0.15) is 13.2 Å². The molecule has 0 unspecified atom stereocenters. The number of hydrogen-bond acceptors (Lipinski definition) is 4. The van der Waals surface area contributed by atoms with Crippen molar-refractivity contribution >= 4 is 54.6 Å². The van der Waals surface area contributed by atoms with Crippen molar-refractivity contribution in [3.05, 3.63) is 82.3 Å². The van der Waals surface area contributed by atoms with Crippen molar-refractivity contribution in [2.24, 2.45) is 0 Å². The molecule has 0 aromatic heterocycles. The van der Waals surface area contributed by atoms with Crippen LogP contribution in [0.15, 0.2) is 76.5 Å². The summed E-state index contributed by atoms with van der Waals surface area (Å²) < 4.78 is 94.4. The van der Waals surface area contributed by atoms with Crippen LogP contribution in [0, 0.1) is 0 Å². The predicted octanol–water partition coefficient (Wildman–Crippen LogP) is 5.61. The summed E-state index contributed by atoms with van der Waals surface area (Å²) in [6.07, 6.45) is -4.88. The van der Waals surface area contributed by atoms with E-state index in [9.17, 15) is 30.0 Å². The van der Waals surface area contributed by atoms with Gasteiger partial charge >= 0.3 is 6.18 Å². The summed E-state index contributed by atoms with van der Waals surface area (Å²) in [5.74, 6) is 0. The molecule has 3 rings (SSSR count). The standard InChI is InChI=1S/C19H13Cl2F3N2O4S2/c20-12-6-9-17(25-31(27,28)13-4-2-1-3-5-13)18(10-12)26-32(29,30)14-7-8-16(21)15(11-14)19(22,23)24/h1-11,25-26H. The molecule has 0 saturated heterocycles. The fourth-order valence-electron chi connectivity index (χ4n) is 2.59. The van der Waals surface area contributed by atoms with E-state index < -0.39 is 41.7 Å². The lowest BCUT2D eigenvalue weighted by Gasteiger charge is -2.16. The average molecular weight is 525 g/mol. The molecular formula is C19H13Cl2F3N2O4S2. The van der Waals surface area contributed by atoms with Crippen LogP contribution in [0.3, 0.4) is 0 Å². The van der Waals surface area contributed by atoms with Gasteiger partial charge in [0.2, 0.25) is 0 Å². The van der Waals surface area contributed by atoms with Crippen LogP contribution in [0.25, 0.3) is 0 Å². The van der Waals surface area contributed by atoms with Crippen LogP contribution in [0.5, 0.6) is 0 Å². The SMILES string of the molecule is O=S(=O)(Nc1ccc(Cl)cc1NS(=O)(=O)c1ccc(Cl)c(C(F)(F)F)c1)c1ccccc1. The molecule has 0 bridgehead atoms. The highest BCUT2D eigenvalue weighted by atomic mass is 35.5. The van der Waals surface area contributed by atoms with Crippen molar-refractivity contribution in [2.75, 3.05) is 9.44 Å². The Labute approximate surface area is 192 Å². The second-order valence-corrected chi connectivity index (χ2v) is 10.6. The van der Waals surface area contributed by atoms with Crippen LogP contribution in [-0.2, 0) is 26.2 Å². The summed E-state index contributed by atoms with van der Waals surface area (Å²) in [6, 6.07) is 13.0. The predicted molar refractivity (Wildman–Crippen MR) is 116 cm³/mol. The largest absolute Gasteiger partial charge is 0.417 e. The molecule has 0 atom stereocenters. The molecule has 32 heavy (non-hydrogen) atoms. The third-order valence-electron chi connectivity index (χ3n) is 4.08. The highest BCUT2D eigenvalue weighted by Crippen LogP contribution is 2.37.